The Balaban J connectivity index is 1.21. The predicted molar refractivity (Wildman–Crippen MR) is 193 cm³/mol. The van der Waals surface area contributed by atoms with Crippen LogP contribution in [-0.4, -0.2) is 29.1 Å². The van der Waals surface area contributed by atoms with Crippen LogP contribution in [0.25, 0.3) is 16.7 Å². The SMILES string of the molecule is C=CC1=C(C)c2cc3c(cc2B1)C(C=C)=C(/C=C(\C)N/C(C=C)=C/C1=C(C)C(C)=C(C2=C(C)c4ccccc4B2)B1)B3. The predicted octanol–water partition coefficient (Wildman–Crippen LogP) is 4.72. The number of nitrogens with one attached hydrogen (secondary N) is 1. The molecular weight excluding hydrogens is 502 g/mol. The van der Waals surface area contributed by atoms with E-state index in [1.54, 1.807) is 0 Å². The van der Waals surface area contributed by atoms with Gasteiger partial charge in [0.2, 0.25) is 0 Å². The van der Waals surface area contributed by atoms with Gasteiger partial charge >= 0.3 is 0 Å². The van der Waals surface area contributed by atoms with E-state index >= 15 is 0 Å². The van der Waals surface area contributed by atoms with E-state index in [1.807, 2.05) is 18.2 Å². The van der Waals surface area contributed by atoms with Crippen LogP contribution in [0.2, 0.25) is 0 Å². The van der Waals surface area contributed by atoms with Gasteiger partial charge in [0.15, 0.2) is 29.1 Å². The molecule has 42 heavy (non-hydrogen) atoms. The first-order valence-electron chi connectivity index (χ1n) is 15.1. The maximum Gasteiger partial charge on any atom is 0.193 e. The van der Waals surface area contributed by atoms with Crippen molar-refractivity contribution < 1.29 is 0 Å². The maximum absolute atomic E-state index is 4.18. The van der Waals surface area contributed by atoms with Gasteiger partial charge in [0, 0.05) is 11.4 Å². The third kappa shape index (κ3) is 4.66. The molecule has 0 spiro atoms. The third-order valence-electron chi connectivity index (χ3n) is 9.81. The first-order chi connectivity index (χ1) is 20.2. The average Bonchev–Trinajstić information content (AvgIpc) is 3.68. The lowest BCUT2D eigenvalue weighted by Crippen LogP contribution is -2.22. The van der Waals surface area contributed by atoms with Crippen LogP contribution in [-0.2, 0) is 0 Å². The number of benzene rings is 2. The summed E-state index contributed by atoms with van der Waals surface area (Å²) in [5.74, 6) is 0. The van der Waals surface area contributed by atoms with Gasteiger partial charge < -0.3 is 5.32 Å². The molecule has 0 saturated carbocycles. The third-order valence-corrected chi connectivity index (χ3v) is 9.81. The van der Waals surface area contributed by atoms with Crippen molar-refractivity contribution in [2.24, 2.45) is 0 Å². The second kappa shape index (κ2) is 11.0. The number of rotatable bonds is 8. The van der Waals surface area contributed by atoms with E-state index in [-0.39, 0.29) is 0 Å². The highest BCUT2D eigenvalue weighted by Crippen LogP contribution is 2.36. The van der Waals surface area contributed by atoms with Crippen molar-refractivity contribution in [3.05, 3.63) is 153 Å². The molecule has 4 aliphatic heterocycles. The molecule has 1 nitrogen and oxygen atoms in total. The highest BCUT2D eigenvalue weighted by molar-refractivity contribution is 6.73. The minimum Gasteiger partial charge on any atom is -0.359 e. The van der Waals surface area contributed by atoms with Gasteiger partial charge in [-0.1, -0.05) is 129 Å². The monoisotopic (exact) mass is 539 g/mol. The van der Waals surface area contributed by atoms with Gasteiger partial charge in [0.25, 0.3) is 0 Å². The van der Waals surface area contributed by atoms with Gasteiger partial charge in [-0.25, -0.2) is 0 Å². The molecule has 6 rings (SSSR count). The zero-order valence-electron chi connectivity index (χ0n) is 25.8. The van der Waals surface area contributed by atoms with Crippen LogP contribution < -0.4 is 21.7 Å². The quantitative estimate of drug-likeness (QED) is 0.379. The Kier molecular flexibility index (Phi) is 7.31. The highest BCUT2D eigenvalue weighted by atomic mass is 14.9. The summed E-state index contributed by atoms with van der Waals surface area (Å²) >= 11 is 0. The molecule has 0 aliphatic carbocycles. The van der Waals surface area contributed by atoms with Crippen molar-refractivity contribution in [2.45, 2.75) is 34.6 Å². The molecule has 0 saturated heterocycles. The molecule has 202 valence electrons. The molecule has 0 bridgehead atoms. The van der Waals surface area contributed by atoms with Gasteiger partial charge in [-0.3, -0.25) is 0 Å². The molecule has 1 N–H and O–H groups in total. The van der Waals surface area contributed by atoms with Gasteiger partial charge in [0.1, 0.15) is 0 Å². The molecular formula is C37H37B4N. The van der Waals surface area contributed by atoms with Crippen LogP contribution in [0.15, 0.2) is 136 Å². The van der Waals surface area contributed by atoms with Crippen molar-refractivity contribution in [1.82, 2.24) is 5.32 Å². The summed E-state index contributed by atoms with van der Waals surface area (Å²) < 4.78 is 0. The Morgan fingerprint density at radius 2 is 1.33 bits per heavy atom. The van der Waals surface area contributed by atoms with E-state index in [0.717, 1.165) is 40.5 Å². The van der Waals surface area contributed by atoms with Crippen LogP contribution >= 0.6 is 0 Å². The number of fused-ring (bicyclic) bond motifs is 3. The summed E-state index contributed by atoms with van der Waals surface area (Å²) in [5, 5.41) is 3.65. The largest absolute Gasteiger partial charge is 0.359 e. The number of hydrogen-bond acceptors (Lipinski definition) is 1. The van der Waals surface area contributed by atoms with Gasteiger partial charge in [0.05, 0.1) is 0 Å². The van der Waals surface area contributed by atoms with Crippen LogP contribution in [0.4, 0.5) is 0 Å². The lowest BCUT2D eigenvalue weighted by atomic mass is 9.53. The molecule has 0 fully saturated rings. The first-order valence-corrected chi connectivity index (χ1v) is 15.1. The average molecular weight is 539 g/mol. The van der Waals surface area contributed by atoms with Gasteiger partial charge in [-0.2, -0.15) is 0 Å². The molecule has 2 aromatic carbocycles. The minimum atomic E-state index is 0.917. The van der Waals surface area contributed by atoms with Crippen LogP contribution in [0.3, 0.4) is 0 Å². The molecule has 5 heteroatoms. The minimum absolute atomic E-state index is 0.917. The van der Waals surface area contributed by atoms with E-state index in [4.69, 9.17) is 0 Å². The normalized spacial score (nSPS) is 17.5. The highest BCUT2D eigenvalue weighted by Gasteiger charge is 2.28. The molecule has 0 radical (unpaired) electrons. The Hall–Kier alpha value is -4.10. The molecule has 4 heterocycles. The summed E-state index contributed by atoms with van der Waals surface area (Å²) in [6, 6.07) is 13.6. The van der Waals surface area contributed by atoms with E-state index < -0.39 is 0 Å². The lowest BCUT2D eigenvalue weighted by molar-refractivity contribution is 1.00. The van der Waals surface area contributed by atoms with E-state index in [0.29, 0.717) is 0 Å². The fourth-order valence-electron chi connectivity index (χ4n) is 7.29. The summed E-state index contributed by atoms with van der Waals surface area (Å²) in [4.78, 5) is 0. The summed E-state index contributed by atoms with van der Waals surface area (Å²) in [6.45, 7) is 23.5. The van der Waals surface area contributed by atoms with E-state index in [2.05, 4.69) is 108 Å². The second-order valence-electron chi connectivity index (χ2n) is 12.1. The van der Waals surface area contributed by atoms with Crippen LogP contribution in [0, 0.1) is 0 Å². The fraction of sp³-hybridized carbons (Fsp3) is 0.135. The van der Waals surface area contributed by atoms with Gasteiger partial charge in [-0.05, 0) is 80.7 Å². The van der Waals surface area contributed by atoms with Crippen molar-refractivity contribution in [2.75, 3.05) is 0 Å². The summed E-state index contributed by atoms with van der Waals surface area (Å²) in [5.41, 5.74) is 24.3. The Morgan fingerprint density at radius 3 is 2.05 bits per heavy atom. The lowest BCUT2D eigenvalue weighted by Gasteiger charge is -2.10. The number of allylic oxidation sites excluding steroid dienone is 16. The molecule has 2 aromatic rings. The maximum atomic E-state index is 4.18. The second-order valence-corrected chi connectivity index (χ2v) is 12.1. The van der Waals surface area contributed by atoms with E-state index in [9.17, 15) is 0 Å². The molecule has 4 aliphatic rings. The number of hydrogen-bond donors (Lipinski definition) is 1. The Morgan fingerprint density at radius 1 is 0.643 bits per heavy atom. The first kappa shape index (κ1) is 28.0. The molecule has 0 aromatic heterocycles. The Bertz CT molecular complexity index is 1830. The topological polar surface area (TPSA) is 12.0 Å². The fourth-order valence-corrected chi connectivity index (χ4v) is 7.29. The summed E-state index contributed by atoms with van der Waals surface area (Å²) in [6.07, 6.45) is 10.5. The standard InChI is InChI=1S/C37H37B4N/c1-9-25(17-32-21(5)22(6)36(41-32)37-24(8)27-14-12-13-15-31(27)40-37)42-20(4)16-33-26(10-2)29-19-34-28(18-35(29)39-33)23(7)30(11-3)38-34/h9-19,38-42H,1-3H2,4-8H3/b20-16+,25-17+. The molecule has 0 unspecified atom stereocenters. The van der Waals surface area contributed by atoms with E-state index in [1.165, 1.54) is 88.3 Å². The van der Waals surface area contributed by atoms with Crippen molar-refractivity contribution in [3.63, 3.8) is 0 Å². The van der Waals surface area contributed by atoms with Crippen LogP contribution in [0.1, 0.15) is 51.3 Å². The van der Waals surface area contributed by atoms with Crippen molar-refractivity contribution in [3.8, 4) is 0 Å². The van der Waals surface area contributed by atoms with Crippen molar-refractivity contribution in [1.29, 1.82) is 0 Å². The molecule has 0 amide bonds. The molecule has 0 atom stereocenters. The van der Waals surface area contributed by atoms with Crippen molar-refractivity contribution >= 4 is 62.2 Å². The van der Waals surface area contributed by atoms with Gasteiger partial charge in [-0.15, -0.1) is 0 Å². The zero-order valence-corrected chi connectivity index (χ0v) is 25.8. The summed E-state index contributed by atoms with van der Waals surface area (Å²) in [7, 11) is 3.88. The zero-order chi connectivity index (χ0) is 29.7. The van der Waals surface area contributed by atoms with Crippen LogP contribution in [0.5, 0.6) is 0 Å². The Labute approximate surface area is 254 Å². The smallest absolute Gasteiger partial charge is 0.193 e.